The maximum atomic E-state index is 9.31. The summed E-state index contributed by atoms with van der Waals surface area (Å²) in [5.41, 5.74) is 2.86. The van der Waals surface area contributed by atoms with Crippen LogP contribution in [0, 0.1) is 0 Å². The molecule has 5 heteroatoms. The summed E-state index contributed by atoms with van der Waals surface area (Å²) < 4.78 is 8.81. The van der Waals surface area contributed by atoms with Crippen molar-refractivity contribution in [2.24, 2.45) is 0 Å². The Morgan fingerprint density at radius 2 is 2.05 bits per heavy atom. The fraction of sp³-hybridized carbons (Fsp3) is 0.400. The van der Waals surface area contributed by atoms with Crippen molar-refractivity contribution in [3.05, 3.63) is 45.7 Å². The minimum absolute atomic E-state index is 0.0232. The first-order valence-corrected chi connectivity index (χ1v) is 7.56. The number of halogens is 1. The molecule has 0 unspecified atom stereocenters. The first-order chi connectivity index (χ1) is 9.71. The minimum Gasteiger partial charge on any atom is -0.487 e. The second-order valence-electron chi connectivity index (χ2n) is 4.43. The molecule has 0 atom stereocenters. The van der Waals surface area contributed by atoms with Crippen molar-refractivity contribution >= 4 is 15.9 Å². The number of ether oxygens (including phenoxy) is 1. The molecule has 20 heavy (non-hydrogen) atoms. The summed E-state index contributed by atoms with van der Waals surface area (Å²) in [5.74, 6) is 0.712. The highest BCUT2D eigenvalue weighted by Crippen LogP contribution is 2.25. The molecule has 1 aromatic carbocycles. The quantitative estimate of drug-likeness (QED) is 0.878. The zero-order valence-corrected chi connectivity index (χ0v) is 13.4. The third kappa shape index (κ3) is 3.04. The molecule has 0 saturated heterocycles. The van der Waals surface area contributed by atoms with E-state index in [1.165, 1.54) is 0 Å². The van der Waals surface area contributed by atoms with Crippen LogP contribution in [-0.4, -0.2) is 14.9 Å². The van der Waals surface area contributed by atoms with E-state index in [0.717, 1.165) is 34.4 Å². The molecule has 0 amide bonds. The highest BCUT2D eigenvalue weighted by Gasteiger charge is 2.14. The van der Waals surface area contributed by atoms with Gasteiger partial charge in [-0.2, -0.15) is 5.10 Å². The molecule has 1 aromatic heterocycles. The first-order valence-electron chi connectivity index (χ1n) is 6.76. The van der Waals surface area contributed by atoms with Gasteiger partial charge in [-0.15, -0.1) is 0 Å². The Labute approximate surface area is 127 Å². The zero-order chi connectivity index (χ0) is 14.5. The fourth-order valence-corrected chi connectivity index (χ4v) is 2.76. The second kappa shape index (κ2) is 6.90. The van der Waals surface area contributed by atoms with E-state index in [1.807, 2.05) is 28.9 Å². The predicted octanol–water partition coefficient (Wildman–Crippen LogP) is 3.30. The van der Waals surface area contributed by atoms with E-state index in [9.17, 15) is 5.11 Å². The van der Waals surface area contributed by atoms with Crippen molar-refractivity contribution in [3.63, 3.8) is 0 Å². The van der Waals surface area contributed by atoms with Gasteiger partial charge in [-0.05, 0) is 35.3 Å². The minimum atomic E-state index is -0.0232. The second-order valence-corrected chi connectivity index (χ2v) is 5.22. The van der Waals surface area contributed by atoms with Crippen molar-refractivity contribution in [3.8, 4) is 5.75 Å². The van der Waals surface area contributed by atoms with Gasteiger partial charge in [0.15, 0.2) is 0 Å². The Balaban J connectivity index is 2.20. The molecule has 108 valence electrons. The highest BCUT2D eigenvalue weighted by atomic mass is 79.9. The Bertz CT molecular complexity index is 581. The smallest absolute Gasteiger partial charge is 0.131 e. The highest BCUT2D eigenvalue weighted by molar-refractivity contribution is 9.10. The third-order valence-corrected chi connectivity index (χ3v) is 4.12. The number of aryl methyl sites for hydroxylation is 2. The maximum Gasteiger partial charge on any atom is 0.131 e. The van der Waals surface area contributed by atoms with Crippen LogP contribution in [-0.2, 0) is 26.2 Å². The molecule has 0 radical (unpaired) electrons. The summed E-state index contributed by atoms with van der Waals surface area (Å²) in [7, 11) is 0. The number of hydrogen-bond donors (Lipinski definition) is 1. The average molecular weight is 339 g/mol. The molecule has 0 saturated carbocycles. The summed E-state index contributed by atoms with van der Waals surface area (Å²) in [5, 5.41) is 13.8. The van der Waals surface area contributed by atoms with E-state index in [4.69, 9.17) is 4.74 Å². The van der Waals surface area contributed by atoms with Crippen LogP contribution in [0.25, 0.3) is 0 Å². The number of rotatable bonds is 6. The van der Waals surface area contributed by atoms with Gasteiger partial charge in [0.25, 0.3) is 0 Å². The monoisotopic (exact) mass is 338 g/mol. The normalized spacial score (nSPS) is 10.8. The van der Waals surface area contributed by atoms with Crippen molar-refractivity contribution in [1.29, 1.82) is 0 Å². The number of benzene rings is 1. The number of aliphatic hydroxyl groups excluding tert-OH is 1. The molecule has 0 aliphatic heterocycles. The van der Waals surface area contributed by atoms with Crippen molar-refractivity contribution < 1.29 is 9.84 Å². The van der Waals surface area contributed by atoms with Gasteiger partial charge in [-0.25, -0.2) is 0 Å². The lowest BCUT2D eigenvalue weighted by molar-refractivity contribution is 0.254. The van der Waals surface area contributed by atoms with E-state index < -0.39 is 0 Å². The SMILES string of the molecule is CCc1nn(CC)c(COc2ccccc2CO)c1Br. The number of nitrogens with zero attached hydrogens (tertiary/aromatic N) is 2. The summed E-state index contributed by atoms with van der Waals surface area (Å²) in [6.45, 7) is 5.35. The molecular formula is C15H19BrN2O2. The zero-order valence-electron chi connectivity index (χ0n) is 11.8. The lowest BCUT2D eigenvalue weighted by Gasteiger charge is -2.11. The van der Waals surface area contributed by atoms with Gasteiger partial charge in [-0.1, -0.05) is 25.1 Å². The molecule has 0 aliphatic rings. The lowest BCUT2D eigenvalue weighted by Crippen LogP contribution is -2.07. The van der Waals surface area contributed by atoms with Gasteiger partial charge in [-0.3, -0.25) is 4.68 Å². The van der Waals surface area contributed by atoms with E-state index in [2.05, 4.69) is 34.9 Å². The number of aromatic nitrogens is 2. The average Bonchev–Trinajstić information content (AvgIpc) is 2.81. The van der Waals surface area contributed by atoms with Crippen LogP contribution in [0.1, 0.15) is 30.8 Å². The van der Waals surface area contributed by atoms with Crippen LogP contribution in [0.3, 0.4) is 0 Å². The summed E-state index contributed by atoms with van der Waals surface area (Å²) in [6.07, 6.45) is 0.883. The van der Waals surface area contributed by atoms with Gasteiger partial charge in [0, 0.05) is 12.1 Å². The van der Waals surface area contributed by atoms with Crippen molar-refractivity contribution in [2.75, 3.05) is 0 Å². The predicted molar refractivity (Wildman–Crippen MR) is 81.7 cm³/mol. The van der Waals surface area contributed by atoms with Crippen LogP contribution in [0.4, 0.5) is 0 Å². The first kappa shape index (κ1) is 15.1. The molecular weight excluding hydrogens is 320 g/mol. The number of hydrogen-bond acceptors (Lipinski definition) is 3. The number of aliphatic hydroxyl groups is 1. The van der Waals surface area contributed by atoms with Crippen LogP contribution >= 0.6 is 15.9 Å². The Hall–Kier alpha value is -1.33. The van der Waals surface area contributed by atoms with Gasteiger partial charge < -0.3 is 9.84 Å². The molecule has 1 heterocycles. The molecule has 0 aliphatic carbocycles. The van der Waals surface area contributed by atoms with Gasteiger partial charge in [0.05, 0.1) is 22.5 Å². The van der Waals surface area contributed by atoms with Gasteiger partial charge in [0.1, 0.15) is 12.4 Å². The maximum absolute atomic E-state index is 9.31. The van der Waals surface area contributed by atoms with Gasteiger partial charge in [0.2, 0.25) is 0 Å². The molecule has 0 bridgehead atoms. The molecule has 0 fully saturated rings. The Kier molecular flexibility index (Phi) is 5.20. The fourth-order valence-electron chi connectivity index (χ4n) is 2.08. The largest absolute Gasteiger partial charge is 0.487 e. The summed E-state index contributed by atoms with van der Waals surface area (Å²) in [4.78, 5) is 0. The molecule has 2 rings (SSSR count). The van der Waals surface area contributed by atoms with E-state index in [-0.39, 0.29) is 6.61 Å². The molecule has 1 N–H and O–H groups in total. The summed E-state index contributed by atoms with van der Waals surface area (Å²) >= 11 is 3.60. The molecule has 0 spiro atoms. The summed E-state index contributed by atoms with van der Waals surface area (Å²) in [6, 6.07) is 7.52. The van der Waals surface area contributed by atoms with Crippen molar-refractivity contribution in [2.45, 2.75) is 40.0 Å². The molecule has 4 nitrogen and oxygen atoms in total. The van der Waals surface area contributed by atoms with Crippen LogP contribution in [0.2, 0.25) is 0 Å². The van der Waals surface area contributed by atoms with Crippen LogP contribution in [0.15, 0.2) is 28.7 Å². The van der Waals surface area contributed by atoms with Crippen LogP contribution in [0.5, 0.6) is 5.75 Å². The Morgan fingerprint density at radius 3 is 2.70 bits per heavy atom. The van der Waals surface area contributed by atoms with Gasteiger partial charge >= 0.3 is 0 Å². The van der Waals surface area contributed by atoms with Crippen molar-refractivity contribution in [1.82, 2.24) is 9.78 Å². The van der Waals surface area contributed by atoms with E-state index >= 15 is 0 Å². The third-order valence-electron chi connectivity index (χ3n) is 3.20. The Morgan fingerprint density at radius 1 is 1.30 bits per heavy atom. The molecule has 2 aromatic rings. The van der Waals surface area contributed by atoms with E-state index in [1.54, 1.807) is 0 Å². The van der Waals surface area contributed by atoms with Crippen LogP contribution < -0.4 is 4.74 Å². The van der Waals surface area contributed by atoms with E-state index in [0.29, 0.717) is 12.4 Å². The topological polar surface area (TPSA) is 47.3 Å². The lowest BCUT2D eigenvalue weighted by atomic mass is 10.2. The number of para-hydroxylation sites is 1. The standard InChI is InChI=1S/C15H19BrN2O2/c1-3-12-15(16)13(18(4-2)17-12)10-20-14-8-6-5-7-11(14)9-19/h5-8,19H,3-4,9-10H2,1-2H3.